The van der Waals surface area contributed by atoms with E-state index >= 15 is 0 Å². The number of hydrogen-bond donors (Lipinski definition) is 1. The van der Waals surface area contributed by atoms with Gasteiger partial charge in [0, 0.05) is 12.6 Å². The monoisotopic (exact) mass is 371 g/mol. The van der Waals surface area contributed by atoms with Crippen LogP contribution in [-0.2, 0) is 20.9 Å². The summed E-state index contributed by atoms with van der Waals surface area (Å²) in [6.45, 7) is 3.62. The molecule has 1 atom stereocenters. The van der Waals surface area contributed by atoms with E-state index in [0.717, 1.165) is 31.2 Å². The fraction of sp³-hybridized carbons (Fsp3) is 0.500. The van der Waals surface area contributed by atoms with Crippen molar-refractivity contribution in [1.82, 2.24) is 14.9 Å². The molecule has 7 heteroatoms. The molecule has 1 unspecified atom stereocenters. The van der Waals surface area contributed by atoms with Crippen LogP contribution in [0.1, 0.15) is 44.6 Å². The van der Waals surface area contributed by atoms with Crippen molar-refractivity contribution in [2.45, 2.75) is 64.6 Å². The normalized spacial score (nSPS) is 15.6. The number of rotatable bonds is 6. The Morgan fingerprint density at radius 1 is 1.33 bits per heavy atom. The molecule has 27 heavy (non-hydrogen) atoms. The van der Waals surface area contributed by atoms with Crippen molar-refractivity contribution in [3.05, 3.63) is 40.4 Å². The predicted octanol–water partition coefficient (Wildman–Crippen LogP) is 2.09. The van der Waals surface area contributed by atoms with E-state index in [0.29, 0.717) is 10.9 Å². The van der Waals surface area contributed by atoms with Gasteiger partial charge in [-0.15, -0.1) is 0 Å². The Kier molecular flexibility index (Phi) is 5.88. The number of esters is 1. The van der Waals surface area contributed by atoms with Gasteiger partial charge >= 0.3 is 5.97 Å². The Balaban J connectivity index is 1.56. The Labute approximate surface area is 157 Å². The number of para-hydroxylation sites is 1. The third-order valence-electron chi connectivity index (χ3n) is 4.99. The molecular formula is C20H25N3O4. The van der Waals surface area contributed by atoms with Gasteiger partial charge in [-0.3, -0.25) is 19.0 Å². The van der Waals surface area contributed by atoms with E-state index in [2.05, 4.69) is 10.3 Å². The molecular weight excluding hydrogens is 346 g/mol. The summed E-state index contributed by atoms with van der Waals surface area (Å²) in [4.78, 5) is 41.0. The maximum atomic E-state index is 12.5. The minimum absolute atomic E-state index is 0.0000420. The maximum absolute atomic E-state index is 12.5. The molecule has 2 aromatic rings. The van der Waals surface area contributed by atoms with Crippen molar-refractivity contribution in [1.29, 1.82) is 0 Å². The van der Waals surface area contributed by atoms with Crippen LogP contribution in [0, 0.1) is 6.92 Å². The fourth-order valence-corrected chi connectivity index (χ4v) is 3.41. The van der Waals surface area contributed by atoms with Gasteiger partial charge in [0.1, 0.15) is 0 Å². The topological polar surface area (TPSA) is 90.3 Å². The first-order valence-electron chi connectivity index (χ1n) is 9.40. The summed E-state index contributed by atoms with van der Waals surface area (Å²) in [7, 11) is 0. The predicted molar refractivity (Wildman–Crippen MR) is 101 cm³/mol. The standard InChI is InChI=1S/C20H25N3O4/c1-13-6-5-9-16-18(13)21-12-23(20(16)26)11-10-17(24)27-14(2)19(25)22-15-7-3-4-8-15/h5-6,9,12,14-15H,3-4,7-8,10-11H2,1-2H3,(H,22,25). The van der Waals surface area contributed by atoms with E-state index in [1.165, 1.54) is 10.9 Å². The van der Waals surface area contributed by atoms with Crippen LogP contribution in [0.5, 0.6) is 0 Å². The smallest absolute Gasteiger partial charge is 0.308 e. The third-order valence-corrected chi connectivity index (χ3v) is 4.99. The molecule has 1 fully saturated rings. The number of amides is 1. The first kappa shape index (κ1) is 19.1. The second kappa shape index (κ2) is 8.33. The molecule has 0 aliphatic heterocycles. The number of carbonyl (C=O) groups excluding carboxylic acids is 2. The van der Waals surface area contributed by atoms with Gasteiger partial charge in [0.05, 0.1) is 23.7 Å². The summed E-state index contributed by atoms with van der Waals surface area (Å²) in [6.07, 6.45) is 4.79. The van der Waals surface area contributed by atoms with E-state index in [1.54, 1.807) is 13.0 Å². The van der Waals surface area contributed by atoms with E-state index in [1.807, 2.05) is 19.1 Å². The van der Waals surface area contributed by atoms with Crippen LogP contribution in [0.4, 0.5) is 0 Å². The maximum Gasteiger partial charge on any atom is 0.308 e. The van der Waals surface area contributed by atoms with Crippen LogP contribution in [0.25, 0.3) is 10.9 Å². The molecule has 1 aromatic heterocycles. The lowest BCUT2D eigenvalue weighted by atomic mass is 10.1. The molecule has 1 aliphatic rings. The number of benzene rings is 1. The Morgan fingerprint density at radius 2 is 2.07 bits per heavy atom. The number of nitrogens with zero attached hydrogens (tertiary/aromatic N) is 2. The number of nitrogens with one attached hydrogen (secondary N) is 1. The number of aryl methyl sites for hydroxylation is 2. The Bertz CT molecular complexity index is 900. The van der Waals surface area contributed by atoms with Gasteiger partial charge in [-0.1, -0.05) is 25.0 Å². The van der Waals surface area contributed by atoms with Crippen LogP contribution in [0.15, 0.2) is 29.3 Å². The first-order chi connectivity index (χ1) is 13.0. The van der Waals surface area contributed by atoms with Crippen LogP contribution in [0.2, 0.25) is 0 Å². The highest BCUT2D eigenvalue weighted by Gasteiger charge is 2.23. The van der Waals surface area contributed by atoms with Gasteiger partial charge in [0.15, 0.2) is 6.10 Å². The minimum atomic E-state index is -0.841. The zero-order valence-electron chi connectivity index (χ0n) is 15.7. The lowest BCUT2D eigenvalue weighted by molar-refractivity contribution is -0.155. The molecule has 7 nitrogen and oxygen atoms in total. The molecule has 3 rings (SSSR count). The first-order valence-corrected chi connectivity index (χ1v) is 9.40. The molecule has 0 bridgehead atoms. The number of hydrogen-bond acceptors (Lipinski definition) is 5. The molecule has 0 radical (unpaired) electrons. The van der Waals surface area contributed by atoms with Crippen LogP contribution in [0.3, 0.4) is 0 Å². The van der Waals surface area contributed by atoms with Crippen molar-refractivity contribution < 1.29 is 14.3 Å². The highest BCUT2D eigenvalue weighted by Crippen LogP contribution is 2.17. The summed E-state index contributed by atoms with van der Waals surface area (Å²) in [6, 6.07) is 5.62. The van der Waals surface area contributed by atoms with E-state index in [4.69, 9.17) is 4.74 Å². The zero-order valence-corrected chi connectivity index (χ0v) is 15.7. The number of aromatic nitrogens is 2. The van der Waals surface area contributed by atoms with Crippen molar-refractivity contribution in [3.63, 3.8) is 0 Å². The number of carbonyl (C=O) groups is 2. The van der Waals surface area contributed by atoms with Crippen LogP contribution >= 0.6 is 0 Å². The van der Waals surface area contributed by atoms with Crippen LogP contribution < -0.4 is 10.9 Å². The molecule has 144 valence electrons. The summed E-state index contributed by atoms with van der Waals surface area (Å²) < 4.78 is 6.60. The quantitative estimate of drug-likeness (QED) is 0.785. The second-order valence-corrected chi connectivity index (χ2v) is 7.09. The summed E-state index contributed by atoms with van der Waals surface area (Å²) in [5.41, 5.74) is 1.40. The molecule has 0 saturated heterocycles. The molecule has 0 spiro atoms. The van der Waals surface area contributed by atoms with Crippen molar-refractivity contribution in [2.24, 2.45) is 0 Å². The fourth-order valence-electron chi connectivity index (χ4n) is 3.41. The lowest BCUT2D eigenvalue weighted by Crippen LogP contribution is -2.41. The second-order valence-electron chi connectivity index (χ2n) is 7.09. The van der Waals surface area contributed by atoms with Gasteiger partial charge in [-0.05, 0) is 38.3 Å². The van der Waals surface area contributed by atoms with E-state index in [9.17, 15) is 14.4 Å². The third kappa shape index (κ3) is 4.53. The minimum Gasteiger partial charge on any atom is -0.452 e. The average Bonchev–Trinajstić information content (AvgIpc) is 3.14. The van der Waals surface area contributed by atoms with Gasteiger partial charge in [-0.2, -0.15) is 0 Å². The van der Waals surface area contributed by atoms with Crippen LogP contribution in [-0.4, -0.2) is 33.6 Å². The highest BCUT2D eigenvalue weighted by molar-refractivity contribution is 5.83. The molecule has 1 heterocycles. The lowest BCUT2D eigenvalue weighted by Gasteiger charge is -2.17. The molecule has 1 aliphatic carbocycles. The largest absolute Gasteiger partial charge is 0.452 e. The summed E-state index contributed by atoms with van der Waals surface area (Å²) >= 11 is 0. The molecule has 1 aromatic carbocycles. The van der Waals surface area contributed by atoms with Crippen molar-refractivity contribution in [3.8, 4) is 0 Å². The Hall–Kier alpha value is -2.70. The van der Waals surface area contributed by atoms with Crippen molar-refractivity contribution >= 4 is 22.8 Å². The van der Waals surface area contributed by atoms with Gasteiger partial charge in [0.25, 0.3) is 11.5 Å². The number of fused-ring (bicyclic) bond motifs is 1. The SMILES string of the molecule is Cc1cccc2c(=O)n(CCC(=O)OC(C)C(=O)NC3CCCC3)cnc12. The zero-order chi connectivity index (χ0) is 19.4. The van der Waals surface area contributed by atoms with E-state index in [-0.39, 0.29) is 30.5 Å². The van der Waals surface area contributed by atoms with E-state index < -0.39 is 12.1 Å². The van der Waals surface area contributed by atoms with Gasteiger partial charge in [-0.25, -0.2) is 4.98 Å². The summed E-state index contributed by atoms with van der Waals surface area (Å²) in [5.74, 6) is -0.782. The van der Waals surface area contributed by atoms with Gasteiger partial charge < -0.3 is 10.1 Å². The average molecular weight is 371 g/mol. The highest BCUT2D eigenvalue weighted by atomic mass is 16.5. The molecule has 1 amide bonds. The van der Waals surface area contributed by atoms with Gasteiger partial charge in [0.2, 0.25) is 0 Å². The molecule has 1 saturated carbocycles. The summed E-state index contributed by atoms with van der Waals surface area (Å²) in [5, 5.41) is 3.43. The number of ether oxygens (including phenoxy) is 1. The van der Waals surface area contributed by atoms with Crippen molar-refractivity contribution in [2.75, 3.05) is 0 Å². The Morgan fingerprint density at radius 3 is 2.81 bits per heavy atom. The molecule has 1 N–H and O–H groups in total.